The van der Waals surface area contributed by atoms with Gasteiger partial charge in [0, 0.05) is 23.3 Å². The van der Waals surface area contributed by atoms with E-state index in [-0.39, 0.29) is 5.91 Å². The number of amides is 1. The number of nitrogen functional groups attached to an aromatic ring is 1. The highest BCUT2D eigenvalue weighted by Gasteiger charge is 2.01. The number of halogens is 1. The van der Waals surface area contributed by atoms with Gasteiger partial charge in [-0.05, 0) is 47.5 Å². The highest BCUT2D eigenvalue weighted by Crippen LogP contribution is 2.17. The van der Waals surface area contributed by atoms with E-state index in [4.69, 9.17) is 17.3 Å². The van der Waals surface area contributed by atoms with Crippen molar-refractivity contribution in [1.29, 1.82) is 0 Å². The van der Waals surface area contributed by atoms with Gasteiger partial charge in [0.05, 0.1) is 11.4 Å². The van der Waals surface area contributed by atoms with Gasteiger partial charge >= 0.3 is 0 Å². The normalized spacial score (nSPS) is 10.7. The molecule has 0 saturated carbocycles. The zero-order valence-corrected chi connectivity index (χ0v) is 15.4. The fraction of sp³-hybridized carbons (Fsp3) is 0.0455. The number of hydrogen-bond acceptors (Lipinski definition) is 3. The molecule has 0 spiro atoms. The molecule has 27 heavy (non-hydrogen) atoms. The lowest BCUT2D eigenvalue weighted by Gasteiger charge is -2.07. The number of hydrogen-bond donors (Lipinski definition) is 3. The van der Waals surface area contributed by atoms with Crippen LogP contribution in [0.1, 0.15) is 11.1 Å². The summed E-state index contributed by atoms with van der Waals surface area (Å²) in [5.74, 6) is -0.223. The lowest BCUT2D eigenvalue weighted by molar-refractivity contribution is -0.111. The second kappa shape index (κ2) is 8.92. The Morgan fingerprint density at radius 3 is 2.52 bits per heavy atom. The smallest absolute Gasteiger partial charge is 0.248 e. The molecule has 5 heteroatoms. The summed E-state index contributed by atoms with van der Waals surface area (Å²) in [4.78, 5) is 12.0. The Labute approximate surface area is 163 Å². The zero-order chi connectivity index (χ0) is 19.1. The lowest BCUT2D eigenvalue weighted by atomic mass is 10.1. The molecule has 0 aromatic heterocycles. The average Bonchev–Trinajstić information content (AvgIpc) is 2.67. The molecule has 0 bridgehead atoms. The molecule has 0 aliphatic heterocycles. The van der Waals surface area contributed by atoms with Gasteiger partial charge in [0.2, 0.25) is 5.91 Å². The van der Waals surface area contributed by atoms with E-state index in [9.17, 15) is 4.79 Å². The second-order valence-electron chi connectivity index (χ2n) is 6.02. The Bertz CT molecular complexity index is 952. The molecule has 0 aliphatic carbocycles. The molecule has 4 N–H and O–H groups in total. The van der Waals surface area contributed by atoms with Gasteiger partial charge < -0.3 is 16.4 Å². The highest BCUT2D eigenvalue weighted by atomic mass is 35.5. The number of nitrogens with two attached hydrogens (primary N) is 1. The fourth-order valence-corrected chi connectivity index (χ4v) is 2.70. The largest absolute Gasteiger partial charge is 0.397 e. The second-order valence-corrected chi connectivity index (χ2v) is 6.45. The van der Waals surface area contributed by atoms with Crippen molar-refractivity contribution in [3.8, 4) is 0 Å². The molecule has 136 valence electrons. The zero-order valence-electron chi connectivity index (χ0n) is 14.7. The number of benzene rings is 3. The van der Waals surface area contributed by atoms with Gasteiger partial charge in [-0.1, -0.05) is 54.1 Å². The van der Waals surface area contributed by atoms with E-state index < -0.39 is 0 Å². The Balaban J connectivity index is 1.54. The van der Waals surface area contributed by atoms with Crippen molar-refractivity contribution in [2.24, 2.45) is 0 Å². The summed E-state index contributed by atoms with van der Waals surface area (Å²) < 4.78 is 0. The SMILES string of the molecule is Nc1ccccc1NC(=O)/C=C\c1ccc(CNc2cccc(Cl)c2)cc1. The van der Waals surface area contributed by atoms with E-state index in [0.29, 0.717) is 22.9 Å². The van der Waals surface area contributed by atoms with E-state index in [1.807, 2.05) is 60.7 Å². The van der Waals surface area contributed by atoms with Crippen LogP contribution in [0.3, 0.4) is 0 Å². The Kier molecular flexibility index (Phi) is 6.13. The number of para-hydroxylation sites is 2. The van der Waals surface area contributed by atoms with Crippen molar-refractivity contribution in [3.05, 3.63) is 95.0 Å². The van der Waals surface area contributed by atoms with Crippen LogP contribution in [0, 0.1) is 0 Å². The van der Waals surface area contributed by atoms with Gasteiger partial charge in [0.15, 0.2) is 0 Å². The topological polar surface area (TPSA) is 67.1 Å². The van der Waals surface area contributed by atoms with Crippen molar-refractivity contribution >= 4 is 40.6 Å². The Morgan fingerprint density at radius 1 is 1.00 bits per heavy atom. The van der Waals surface area contributed by atoms with Crippen LogP contribution in [0.15, 0.2) is 78.9 Å². The van der Waals surface area contributed by atoms with Gasteiger partial charge in [0.25, 0.3) is 0 Å². The van der Waals surface area contributed by atoms with Gasteiger partial charge in [-0.2, -0.15) is 0 Å². The average molecular weight is 378 g/mol. The summed E-state index contributed by atoms with van der Waals surface area (Å²) in [7, 11) is 0. The van der Waals surface area contributed by atoms with E-state index in [1.54, 1.807) is 18.2 Å². The van der Waals surface area contributed by atoms with Crippen LogP contribution in [-0.2, 0) is 11.3 Å². The van der Waals surface area contributed by atoms with Gasteiger partial charge in [-0.15, -0.1) is 0 Å². The Hall–Kier alpha value is -3.24. The van der Waals surface area contributed by atoms with Crippen LogP contribution >= 0.6 is 11.6 Å². The summed E-state index contributed by atoms with van der Waals surface area (Å²) in [6.07, 6.45) is 3.26. The molecule has 3 aromatic rings. The fourth-order valence-electron chi connectivity index (χ4n) is 2.51. The monoisotopic (exact) mass is 377 g/mol. The van der Waals surface area contributed by atoms with Crippen LogP contribution in [0.5, 0.6) is 0 Å². The molecule has 0 saturated heterocycles. The van der Waals surface area contributed by atoms with Crippen LogP contribution < -0.4 is 16.4 Å². The van der Waals surface area contributed by atoms with Crippen molar-refractivity contribution in [2.75, 3.05) is 16.4 Å². The van der Waals surface area contributed by atoms with Crippen molar-refractivity contribution in [1.82, 2.24) is 0 Å². The lowest BCUT2D eigenvalue weighted by Crippen LogP contribution is -2.09. The van der Waals surface area contributed by atoms with E-state index in [2.05, 4.69) is 10.6 Å². The molecule has 1 amide bonds. The molecular formula is C22H20ClN3O. The molecule has 0 fully saturated rings. The summed E-state index contributed by atoms with van der Waals surface area (Å²) in [5.41, 5.74) is 10.0. The van der Waals surface area contributed by atoms with Gasteiger partial charge in [0.1, 0.15) is 0 Å². The first-order chi connectivity index (χ1) is 13.1. The molecule has 0 aliphatic rings. The predicted molar refractivity (Wildman–Crippen MR) is 114 cm³/mol. The predicted octanol–water partition coefficient (Wildman–Crippen LogP) is 5.19. The van der Waals surface area contributed by atoms with Gasteiger partial charge in [-0.25, -0.2) is 0 Å². The molecule has 0 atom stereocenters. The van der Waals surface area contributed by atoms with Crippen LogP contribution in [0.25, 0.3) is 6.08 Å². The third-order valence-corrected chi connectivity index (χ3v) is 4.18. The molecule has 0 unspecified atom stereocenters. The first-order valence-corrected chi connectivity index (χ1v) is 8.90. The van der Waals surface area contributed by atoms with Crippen LogP contribution in [0.2, 0.25) is 5.02 Å². The third-order valence-electron chi connectivity index (χ3n) is 3.95. The Morgan fingerprint density at radius 2 is 1.78 bits per heavy atom. The molecule has 3 aromatic carbocycles. The minimum Gasteiger partial charge on any atom is -0.397 e. The molecule has 3 rings (SSSR count). The van der Waals surface area contributed by atoms with Crippen molar-refractivity contribution in [3.63, 3.8) is 0 Å². The molecule has 0 radical (unpaired) electrons. The number of carbonyl (C=O) groups excluding carboxylic acids is 1. The highest BCUT2D eigenvalue weighted by molar-refractivity contribution is 6.30. The van der Waals surface area contributed by atoms with Crippen molar-refractivity contribution < 1.29 is 4.79 Å². The number of anilines is 3. The summed E-state index contributed by atoms with van der Waals surface area (Å²) in [6.45, 7) is 0.693. The summed E-state index contributed by atoms with van der Waals surface area (Å²) in [5, 5.41) is 6.79. The van der Waals surface area contributed by atoms with E-state index >= 15 is 0 Å². The van der Waals surface area contributed by atoms with Crippen LogP contribution in [-0.4, -0.2) is 5.91 Å². The van der Waals surface area contributed by atoms with Crippen molar-refractivity contribution in [2.45, 2.75) is 6.54 Å². The summed E-state index contributed by atoms with van der Waals surface area (Å²) >= 11 is 5.98. The molecular weight excluding hydrogens is 358 g/mol. The van der Waals surface area contributed by atoms with E-state index in [0.717, 1.165) is 16.8 Å². The first-order valence-electron chi connectivity index (χ1n) is 8.52. The number of nitrogens with one attached hydrogen (secondary N) is 2. The first kappa shape index (κ1) is 18.5. The van der Waals surface area contributed by atoms with Gasteiger partial charge in [-0.3, -0.25) is 4.79 Å². The third kappa shape index (κ3) is 5.62. The number of rotatable bonds is 6. The molecule has 0 heterocycles. The van der Waals surface area contributed by atoms with E-state index in [1.165, 1.54) is 6.08 Å². The number of carbonyl (C=O) groups is 1. The minimum atomic E-state index is -0.223. The summed E-state index contributed by atoms with van der Waals surface area (Å²) in [6, 6.07) is 22.7. The maximum Gasteiger partial charge on any atom is 0.248 e. The molecule has 4 nitrogen and oxygen atoms in total. The standard InChI is InChI=1S/C22H20ClN3O/c23-18-4-3-5-19(14-18)25-15-17-10-8-16(9-11-17)12-13-22(27)26-21-7-2-1-6-20(21)24/h1-14,25H,15,24H2,(H,26,27)/b13-12-. The maximum absolute atomic E-state index is 12.0. The maximum atomic E-state index is 12.0. The quantitative estimate of drug-likeness (QED) is 0.409. The minimum absolute atomic E-state index is 0.223. The van der Waals surface area contributed by atoms with Crippen LogP contribution in [0.4, 0.5) is 17.1 Å².